The molecule has 0 radical (unpaired) electrons. The molecule has 2 aromatic carbocycles. The second-order valence-corrected chi connectivity index (χ2v) is 8.65. The molecule has 0 heterocycles. The Labute approximate surface area is 191 Å². The van der Waals surface area contributed by atoms with Gasteiger partial charge in [-0.2, -0.15) is 0 Å². The Hall–Kier alpha value is -3.26. The smallest absolute Gasteiger partial charge is 0.163 e. The fraction of sp³-hybridized carbons (Fsp3) is 0.267. The van der Waals surface area contributed by atoms with Crippen LogP contribution in [0.25, 0.3) is 5.57 Å². The van der Waals surface area contributed by atoms with Crippen molar-refractivity contribution in [2.24, 2.45) is 5.92 Å². The average Bonchev–Trinajstić information content (AvgIpc) is 3.48. The average molecular weight is 423 g/mol. The molecule has 0 fully saturated rings. The SMILES string of the molecule is CCC1C(CCC(=O)Cc2cccc(CC(=O)C3=CC=CC3)c2)=CC=C1c1ccccc1. The monoisotopic (exact) mass is 422 g/mol. The number of ketones is 2. The molecule has 2 nitrogen and oxygen atoms in total. The first-order chi connectivity index (χ1) is 15.6. The number of hydrogen-bond acceptors (Lipinski definition) is 2. The Morgan fingerprint density at radius 1 is 0.906 bits per heavy atom. The molecule has 0 amide bonds. The predicted molar refractivity (Wildman–Crippen MR) is 131 cm³/mol. The summed E-state index contributed by atoms with van der Waals surface area (Å²) in [6, 6.07) is 18.4. The fourth-order valence-electron chi connectivity index (χ4n) is 4.70. The first-order valence-electron chi connectivity index (χ1n) is 11.6. The van der Waals surface area contributed by atoms with Crippen LogP contribution in [0.15, 0.2) is 96.1 Å². The largest absolute Gasteiger partial charge is 0.299 e. The number of carbonyl (C=O) groups is 2. The first-order valence-corrected chi connectivity index (χ1v) is 11.6. The summed E-state index contributed by atoms with van der Waals surface area (Å²) >= 11 is 0. The van der Waals surface area contributed by atoms with Gasteiger partial charge in [-0.3, -0.25) is 9.59 Å². The maximum absolute atomic E-state index is 12.7. The summed E-state index contributed by atoms with van der Waals surface area (Å²) in [6.07, 6.45) is 14.2. The standard InChI is InChI=1S/C30H30O2/c1-2-28-25(16-18-29(28)24-11-4-3-5-12-24)15-17-27(31)20-22-9-8-10-23(19-22)21-30(32)26-13-6-7-14-26/h3-13,16,18-19,28H,2,14-15,17,20-21H2,1H3. The number of Topliss-reactive ketones (excluding diaryl/α,β-unsaturated/α-hetero) is 2. The van der Waals surface area contributed by atoms with E-state index >= 15 is 0 Å². The molecule has 162 valence electrons. The maximum Gasteiger partial charge on any atom is 0.163 e. The second kappa shape index (κ2) is 10.4. The van der Waals surface area contributed by atoms with Crippen LogP contribution in [0.5, 0.6) is 0 Å². The van der Waals surface area contributed by atoms with Gasteiger partial charge in [-0.25, -0.2) is 0 Å². The van der Waals surface area contributed by atoms with Gasteiger partial charge in [-0.15, -0.1) is 0 Å². The zero-order valence-corrected chi connectivity index (χ0v) is 18.7. The second-order valence-electron chi connectivity index (χ2n) is 8.65. The lowest BCUT2D eigenvalue weighted by Gasteiger charge is -2.18. The summed E-state index contributed by atoms with van der Waals surface area (Å²) < 4.78 is 0. The molecule has 1 atom stereocenters. The van der Waals surface area contributed by atoms with Gasteiger partial charge in [-0.1, -0.05) is 97.5 Å². The van der Waals surface area contributed by atoms with Gasteiger partial charge in [0.1, 0.15) is 5.78 Å². The van der Waals surface area contributed by atoms with Gasteiger partial charge in [0.2, 0.25) is 0 Å². The lowest BCUT2D eigenvalue weighted by atomic mass is 9.86. The van der Waals surface area contributed by atoms with E-state index in [9.17, 15) is 9.59 Å². The van der Waals surface area contributed by atoms with Crippen LogP contribution in [0.1, 0.15) is 49.3 Å². The van der Waals surface area contributed by atoms with Gasteiger partial charge in [0, 0.05) is 25.2 Å². The maximum atomic E-state index is 12.7. The molecule has 2 aliphatic carbocycles. The Morgan fingerprint density at radius 3 is 2.41 bits per heavy atom. The summed E-state index contributed by atoms with van der Waals surface area (Å²) in [5, 5.41) is 0. The van der Waals surface area contributed by atoms with Gasteiger partial charge in [0.25, 0.3) is 0 Å². The summed E-state index contributed by atoms with van der Waals surface area (Å²) in [5.41, 5.74) is 6.83. The number of rotatable bonds is 10. The summed E-state index contributed by atoms with van der Waals surface area (Å²) in [6.45, 7) is 2.22. The van der Waals surface area contributed by atoms with E-state index in [0.717, 1.165) is 36.0 Å². The summed E-state index contributed by atoms with van der Waals surface area (Å²) in [4.78, 5) is 25.1. The van der Waals surface area contributed by atoms with E-state index in [0.29, 0.717) is 25.2 Å². The van der Waals surface area contributed by atoms with Crippen molar-refractivity contribution in [1.82, 2.24) is 0 Å². The van der Waals surface area contributed by atoms with E-state index in [4.69, 9.17) is 0 Å². The van der Waals surface area contributed by atoms with Crippen molar-refractivity contribution in [3.05, 3.63) is 113 Å². The van der Waals surface area contributed by atoms with Crippen LogP contribution < -0.4 is 0 Å². The zero-order chi connectivity index (χ0) is 22.3. The normalized spacial score (nSPS) is 17.2. The molecule has 1 unspecified atom stereocenters. The molecule has 2 heteroatoms. The van der Waals surface area contributed by atoms with Crippen molar-refractivity contribution in [2.75, 3.05) is 0 Å². The highest BCUT2D eigenvalue weighted by atomic mass is 16.1. The summed E-state index contributed by atoms with van der Waals surface area (Å²) in [5.74, 6) is 0.818. The molecule has 2 aromatic rings. The topological polar surface area (TPSA) is 34.1 Å². The van der Waals surface area contributed by atoms with E-state index < -0.39 is 0 Å². The van der Waals surface area contributed by atoms with Crippen LogP contribution in [0.2, 0.25) is 0 Å². The Bertz CT molecular complexity index is 1110. The van der Waals surface area contributed by atoms with Crippen molar-refractivity contribution in [3.8, 4) is 0 Å². The molecule has 0 spiro atoms. The van der Waals surface area contributed by atoms with Crippen LogP contribution in [0.3, 0.4) is 0 Å². The first kappa shape index (κ1) is 22.0. The molecule has 4 rings (SSSR count). The minimum atomic E-state index is 0.166. The number of allylic oxidation sites excluding steroid dienone is 8. The van der Waals surface area contributed by atoms with Crippen molar-refractivity contribution in [3.63, 3.8) is 0 Å². The molecule has 0 bridgehead atoms. The van der Waals surface area contributed by atoms with Crippen LogP contribution in [-0.2, 0) is 22.4 Å². The van der Waals surface area contributed by atoms with Gasteiger partial charge < -0.3 is 0 Å². The number of hydrogen-bond donors (Lipinski definition) is 0. The minimum Gasteiger partial charge on any atom is -0.299 e. The number of carbonyl (C=O) groups excluding carboxylic acids is 2. The molecule has 0 aliphatic heterocycles. The van der Waals surface area contributed by atoms with Crippen LogP contribution in [0, 0.1) is 5.92 Å². The highest BCUT2D eigenvalue weighted by molar-refractivity contribution is 5.98. The number of benzene rings is 2. The fourth-order valence-corrected chi connectivity index (χ4v) is 4.70. The van der Waals surface area contributed by atoms with E-state index in [-0.39, 0.29) is 11.6 Å². The van der Waals surface area contributed by atoms with Gasteiger partial charge in [-0.05, 0) is 47.1 Å². The molecule has 2 aliphatic rings. The van der Waals surface area contributed by atoms with Gasteiger partial charge in [0.05, 0.1) is 0 Å². The van der Waals surface area contributed by atoms with Gasteiger partial charge >= 0.3 is 0 Å². The molecule has 0 saturated carbocycles. The molecular formula is C30H30O2. The van der Waals surface area contributed by atoms with Crippen molar-refractivity contribution in [2.45, 2.75) is 45.4 Å². The third-order valence-corrected chi connectivity index (χ3v) is 6.39. The lowest BCUT2D eigenvalue weighted by Crippen LogP contribution is -2.08. The highest BCUT2D eigenvalue weighted by Gasteiger charge is 2.22. The zero-order valence-electron chi connectivity index (χ0n) is 18.7. The molecule has 0 aromatic heterocycles. The van der Waals surface area contributed by atoms with Gasteiger partial charge in [0.15, 0.2) is 5.78 Å². The quantitative estimate of drug-likeness (QED) is 0.431. The predicted octanol–water partition coefficient (Wildman–Crippen LogP) is 6.63. The van der Waals surface area contributed by atoms with Crippen molar-refractivity contribution in [1.29, 1.82) is 0 Å². The van der Waals surface area contributed by atoms with Crippen LogP contribution in [-0.4, -0.2) is 11.6 Å². The Morgan fingerprint density at radius 2 is 1.69 bits per heavy atom. The highest BCUT2D eigenvalue weighted by Crippen LogP contribution is 2.38. The third-order valence-electron chi connectivity index (χ3n) is 6.39. The van der Waals surface area contributed by atoms with E-state index in [1.807, 2.05) is 48.6 Å². The lowest BCUT2D eigenvalue weighted by molar-refractivity contribution is -0.118. The van der Waals surface area contributed by atoms with E-state index in [1.54, 1.807) is 0 Å². The molecule has 0 saturated heterocycles. The Kier molecular flexibility index (Phi) is 7.11. The molecule has 0 N–H and O–H groups in total. The van der Waals surface area contributed by atoms with Crippen molar-refractivity contribution < 1.29 is 9.59 Å². The van der Waals surface area contributed by atoms with E-state index in [1.165, 1.54) is 16.7 Å². The molecular weight excluding hydrogens is 392 g/mol. The van der Waals surface area contributed by atoms with Crippen molar-refractivity contribution >= 4 is 17.1 Å². The molecule has 32 heavy (non-hydrogen) atoms. The Balaban J connectivity index is 1.30. The third kappa shape index (κ3) is 5.31. The van der Waals surface area contributed by atoms with E-state index in [2.05, 4.69) is 43.3 Å². The summed E-state index contributed by atoms with van der Waals surface area (Å²) in [7, 11) is 0. The minimum absolute atomic E-state index is 0.166. The van der Waals surface area contributed by atoms with Crippen LogP contribution in [0.4, 0.5) is 0 Å². The van der Waals surface area contributed by atoms with Crippen LogP contribution >= 0.6 is 0 Å².